The molecule has 0 spiro atoms. The van der Waals surface area contributed by atoms with E-state index >= 15 is 0 Å². The van der Waals surface area contributed by atoms with Gasteiger partial charge in [0.1, 0.15) is 24.7 Å². The first-order valence-corrected chi connectivity index (χ1v) is 9.78. The second kappa shape index (κ2) is 8.92. The predicted octanol–water partition coefficient (Wildman–Crippen LogP) is 2.94. The molecule has 0 unspecified atom stereocenters. The van der Waals surface area contributed by atoms with Gasteiger partial charge in [-0.05, 0) is 25.3 Å². The van der Waals surface area contributed by atoms with E-state index in [1.54, 1.807) is 31.3 Å². The number of amides is 1. The molecule has 152 valence electrons. The molecule has 0 bridgehead atoms. The first-order chi connectivity index (χ1) is 13.5. The molecule has 8 heteroatoms. The normalized spacial score (nSPS) is 22.3. The molecule has 1 aliphatic carbocycles. The number of hydrogen-bond donors (Lipinski definition) is 0. The van der Waals surface area contributed by atoms with E-state index in [9.17, 15) is 14.4 Å². The molecular formula is C20H24ClNO6. The number of benzene rings is 1. The number of carbonyl (C=O) groups excluding carboxylic acids is 3. The number of ether oxygens (including phenoxy) is 3. The highest BCUT2D eigenvalue weighted by molar-refractivity contribution is 6.31. The number of likely N-dealkylation sites (N-methyl/N-ethyl adjacent to an activating group) is 1. The van der Waals surface area contributed by atoms with Crippen molar-refractivity contribution in [2.45, 2.75) is 31.2 Å². The maximum atomic E-state index is 13.0. The molecule has 1 heterocycles. The molecule has 0 radical (unpaired) electrons. The summed E-state index contributed by atoms with van der Waals surface area (Å²) in [4.78, 5) is 38.6. The maximum Gasteiger partial charge on any atom is 0.410 e. The van der Waals surface area contributed by atoms with Crippen LogP contribution in [0.1, 0.15) is 31.2 Å². The van der Waals surface area contributed by atoms with Gasteiger partial charge in [-0.1, -0.05) is 29.8 Å². The molecule has 1 saturated carbocycles. The molecule has 28 heavy (non-hydrogen) atoms. The lowest BCUT2D eigenvalue weighted by atomic mass is 9.74. The molecule has 0 aromatic heterocycles. The summed E-state index contributed by atoms with van der Waals surface area (Å²) in [5.74, 6) is -0.643. The molecule has 1 aromatic carbocycles. The monoisotopic (exact) mass is 409 g/mol. The van der Waals surface area contributed by atoms with Crippen LogP contribution in [0.4, 0.5) is 4.79 Å². The largest absolute Gasteiger partial charge is 0.462 e. The smallest absolute Gasteiger partial charge is 0.410 e. The first-order valence-electron chi connectivity index (χ1n) is 9.40. The van der Waals surface area contributed by atoms with Gasteiger partial charge in [0.2, 0.25) is 0 Å². The molecule has 0 N–H and O–H groups in total. The van der Waals surface area contributed by atoms with Crippen LogP contribution in [0.15, 0.2) is 24.3 Å². The summed E-state index contributed by atoms with van der Waals surface area (Å²) in [6, 6.07) is 7.07. The third kappa shape index (κ3) is 4.00. The van der Waals surface area contributed by atoms with Gasteiger partial charge in [-0.2, -0.15) is 0 Å². The van der Waals surface area contributed by atoms with Crippen molar-refractivity contribution < 1.29 is 28.6 Å². The Morgan fingerprint density at radius 1 is 1.21 bits per heavy atom. The van der Waals surface area contributed by atoms with Crippen molar-refractivity contribution in [1.82, 2.24) is 4.90 Å². The highest BCUT2D eigenvalue weighted by atomic mass is 35.5. The average Bonchev–Trinajstić information content (AvgIpc) is 2.64. The Morgan fingerprint density at radius 2 is 1.93 bits per heavy atom. The van der Waals surface area contributed by atoms with Crippen molar-refractivity contribution >= 4 is 29.4 Å². The van der Waals surface area contributed by atoms with Crippen molar-refractivity contribution in [2.24, 2.45) is 5.92 Å². The zero-order chi connectivity index (χ0) is 20.1. The Morgan fingerprint density at radius 3 is 2.57 bits per heavy atom. The van der Waals surface area contributed by atoms with Crippen molar-refractivity contribution in [2.75, 3.05) is 33.5 Å². The summed E-state index contributed by atoms with van der Waals surface area (Å²) in [5.41, 5.74) is -0.537. The van der Waals surface area contributed by atoms with Crippen molar-refractivity contribution in [3.05, 3.63) is 34.9 Å². The number of halogens is 1. The Balaban J connectivity index is 1.66. The third-order valence-corrected chi connectivity index (χ3v) is 5.67. The van der Waals surface area contributed by atoms with Crippen LogP contribution < -0.4 is 0 Å². The van der Waals surface area contributed by atoms with Crippen LogP contribution in [0.5, 0.6) is 0 Å². The molecule has 1 saturated heterocycles. The summed E-state index contributed by atoms with van der Waals surface area (Å²) in [6.07, 6.45) is 1.80. The number of esters is 1. The van der Waals surface area contributed by atoms with E-state index < -0.39 is 11.6 Å². The van der Waals surface area contributed by atoms with Crippen molar-refractivity contribution in [1.29, 1.82) is 0 Å². The van der Waals surface area contributed by atoms with E-state index in [1.807, 2.05) is 0 Å². The summed E-state index contributed by atoms with van der Waals surface area (Å²) in [5, 5.41) is 0.439. The van der Waals surface area contributed by atoms with Gasteiger partial charge in [0.15, 0.2) is 5.78 Å². The Hall–Kier alpha value is -2.12. The van der Waals surface area contributed by atoms with Gasteiger partial charge in [-0.25, -0.2) is 4.79 Å². The molecular weight excluding hydrogens is 386 g/mol. The standard InChI is InChI=1S/C20H24ClNO6/c1-22(19(25)28-11-10-27-18(24)14-12-26-13-14)20(9-5-4-8-17(20)23)15-6-2-3-7-16(15)21/h2-3,6-7,14H,4-5,8-13H2,1H3/t20-/m0/s1. The van der Waals surface area contributed by atoms with Crippen LogP contribution in [0.3, 0.4) is 0 Å². The maximum absolute atomic E-state index is 13.0. The van der Waals surface area contributed by atoms with Gasteiger partial charge in [0.05, 0.1) is 13.2 Å². The molecule has 1 amide bonds. The molecule has 3 rings (SSSR count). The lowest BCUT2D eigenvalue weighted by molar-refractivity contribution is -0.164. The van der Waals surface area contributed by atoms with E-state index in [4.69, 9.17) is 25.8 Å². The summed E-state index contributed by atoms with van der Waals surface area (Å²) >= 11 is 6.37. The van der Waals surface area contributed by atoms with E-state index in [-0.39, 0.29) is 30.9 Å². The van der Waals surface area contributed by atoms with E-state index in [2.05, 4.69) is 0 Å². The van der Waals surface area contributed by atoms with Gasteiger partial charge >= 0.3 is 12.1 Å². The minimum atomic E-state index is -1.15. The minimum absolute atomic E-state index is 0.0397. The Kier molecular flexibility index (Phi) is 6.57. The van der Waals surface area contributed by atoms with E-state index in [1.165, 1.54) is 4.90 Å². The second-order valence-electron chi connectivity index (χ2n) is 7.05. The number of rotatable bonds is 6. The third-order valence-electron chi connectivity index (χ3n) is 5.34. The zero-order valence-corrected chi connectivity index (χ0v) is 16.6. The predicted molar refractivity (Wildman–Crippen MR) is 101 cm³/mol. The second-order valence-corrected chi connectivity index (χ2v) is 7.45. The minimum Gasteiger partial charge on any atom is -0.462 e. The Bertz CT molecular complexity index is 750. The fourth-order valence-corrected chi connectivity index (χ4v) is 3.94. The summed E-state index contributed by atoms with van der Waals surface area (Å²) in [7, 11) is 1.55. The van der Waals surface area contributed by atoms with E-state index in [0.29, 0.717) is 36.6 Å². The number of nitrogens with zero attached hydrogens (tertiary/aromatic N) is 1. The molecule has 7 nitrogen and oxygen atoms in total. The topological polar surface area (TPSA) is 82.1 Å². The van der Waals surface area contributed by atoms with Crippen LogP contribution in [0.2, 0.25) is 5.02 Å². The number of Topliss-reactive ketones (excluding diaryl/α,β-unsaturated/α-hetero) is 1. The average molecular weight is 410 g/mol. The fourth-order valence-electron chi connectivity index (χ4n) is 3.64. The number of carbonyl (C=O) groups is 3. The van der Waals surface area contributed by atoms with Gasteiger partial charge in [-0.3, -0.25) is 14.5 Å². The number of hydrogen-bond acceptors (Lipinski definition) is 6. The summed E-state index contributed by atoms with van der Waals surface area (Å²) in [6.45, 7) is 0.602. The SMILES string of the molecule is CN(C(=O)OCCOC(=O)C1COC1)[C@]1(c2ccccc2Cl)CCCCC1=O. The van der Waals surface area contributed by atoms with Gasteiger partial charge in [0.25, 0.3) is 0 Å². The van der Waals surface area contributed by atoms with Gasteiger partial charge < -0.3 is 14.2 Å². The van der Waals surface area contributed by atoms with Crippen molar-refractivity contribution in [3.63, 3.8) is 0 Å². The van der Waals surface area contributed by atoms with Gasteiger partial charge in [-0.15, -0.1) is 0 Å². The molecule has 2 fully saturated rings. The zero-order valence-electron chi connectivity index (χ0n) is 15.8. The lowest BCUT2D eigenvalue weighted by Crippen LogP contribution is -2.54. The fraction of sp³-hybridized carbons (Fsp3) is 0.550. The van der Waals surface area contributed by atoms with Crippen LogP contribution in [-0.2, 0) is 29.3 Å². The first kappa shape index (κ1) is 20.6. The van der Waals surface area contributed by atoms with Crippen LogP contribution >= 0.6 is 11.6 Å². The van der Waals surface area contributed by atoms with Gasteiger partial charge in [0, 0.05) is 24.1 Å². The summed E-state index contributed by atoms with van der Waals surface area (Å²) < 4.78 is 15.3. The van der Waals surface area contributed by atoms with Crippen LogP contribution in [0, 0.1) is 5.92 Å². The molecule has 1 aliphatic heterocycles. The van der Waals surface area contributed by atoms with Crippen LogP contribution in [0.25, 0.3) is 0 Å². The van der Waals surface area contributed by atoms with E-state index in [0.717, 1.165) is 12.8 Å². The lowest BCUT2D eigenvalue weighted by Gasteiger charge is -2.43. The quantitative estimate of drug-likeness (QED) is 0.530. The molecule has 2 aliphatic rings. The highest BCUT2D eigenvalue weighted by Gasteiger charge is 2.48. The van der Waals surface area contributed by atoms with Crippen molar-refractivity contribution in [3.8, 4) is 0 Å². The molecule has 1 aromatic rings. The number of ketones is 1. The highest BCUT2D eigenvalue weighted by Crippen LogP contribution is 2.42. The molecule has 1 atom stereocenters. The van der Waals surface area contributed by atoms with Crippen LogP contribution in [-0.4, -0.2) is 56.2 Å². The Labute approximate surface area is 168 Å².